The van der Waals surface area contributed by atoms with Gasteiger partial charge in [-0.3, -0.25) is 4.79 Å². The highest BCUT2D eigenvalue weighted by Crippen LogP contribution is 2.43. The average molecular weight is 238 g/mol. The third kappa shape index (κ3) is 2.31. The van der Waals surface area contributed by atoms with Crippen LogP contribution in [-0.2, 0) is 4.79 Å². The SMILES string of the molecule is CCC(C)NC(=O)C1(C(F)(F)F)CCNC1. The molecule has 0 aromatic heterocycles. The summed E-state index contributed by atoms with van der Waals surface area (Å²) < 4.78 is 38.8. The van der Waals surface area contributed by atoms with Crippen molar-refractivity contribution in [3.05, 3.63) is 0 Å². The molecule has 0 saturated carbocycles. The Kier molecular flexibility index (Phi) is 3.83. The van der Waals surface area contributed by atoms with E-state index in [0.717, 1.165) is 0 Å². The fraction of sp³-hybridized carbons (Fsp3) is 0.900. The van der Waals surface area contributed by atoms with Gasteiger partial charge in [0.1, 0.15) is 0 Å². The average Bonchev–Trinajstić information content (AvgIpc) is 2.66. The summed E-state index contributed by atoms with van der Waals surface area (Å²) in [4.78, 5) is 11.7. The highest BCUT2D eigenvalue weighted by Gasteiger charge is 2.61. The lowest BCUT2D eigenvalue weighted by Gasteiger charge is -2.30. The second-order valence-corrected chi connectivity index (χ2v) is 4.29. The lowest BCUT2D eigenvalue weighted by molar-refractivity contribution is -0.216. The van der Waals surface area contributed by atoms with E-state index in [1.165, 1.54) is 0 Å². The molecular weight excluding hydrogens is 221 g/mol. The van der Waals surface area contributed by atoms with Crippen molar-refractivity contribution in [3.8, 4) is 0 Å². The standard InChI is InChI=1S/C10H17F3N2O/c1-3-7(2)15-8(16)9(10(11,12)13)4-5-14-6-9/h7,14H,3-6H2,1-2H3,(H,15,16). The Morgan fingerprint density at radius 1 is 1.56 bits per heavy atom. The van der Waals surface area contributed by atoms with E-state index >= 15 is 0 Å². The van der Waals surface area contributed by atoms with E-state index in [0.29, 0.717) is 6.42 Å². The number of hydrogen-bond donors (Lipinski definition) is 2. The minimum atomic E-state index is -4.49. The molecule has 1 amide bonds. The number of halogens is 3. The molecule has 16 heavy (non-hydrogen) atoms. The first kappa shape index (κ1) is 13.3. The summed E-state index contributed by atoms with van der Waals surface area (Å²) in [5.41, 5.74) is -2.24. The van der Waals surface area contributed by atoms with Gasteiger partial charge >= 0.3 is 6.18 Å². The lowest BCUT2D eigenvalue weighted by atomic mass is 9.85. The first-order valence-corrected chi connectivity index (χ1v) is 5.42. The first-order valence-electron chi connectivity index (χ1n) is 5.42. The Hall–Kier alpha value is -0.780. The second-order valence-electron chi connectivity index (χ2n) is 4.29. The third-order valence-electron chi connectivity index (χ3n) is 3.12. The van der Waals surface area contributed by atoms with Crippen molar-refractivity contribution in [1.82, 2.24) is 10.6 Å². The van der Waals surface area contributed by atoms with Crippen molar-refractivity contribution < 1.29 is 18.0 Å². The van der Waals surface area contributed by atoms with Crippen LogP contribution < -0.4 is 10.6 Å². The molecule has 2 N–H and O–H groups in total. The first-order chi connectivity index (χ1) is 7.33. The molecule has 2 atom stereocenters. The molecule has 0 aromatic carbocycles. The summed E-state index contributed by atoms with van der Waals surface area (Å²) in [5.74, 6) is -0.903. The van der Waals surface area contributed by atoms with Crippen molar-refractivity contribution in [3.63, 3.8) is 0 Å². The van der Waals surface area contributed by atoms with Crippen molar-refractivity contribution >= 4 is 5.91 Å². The Balaban J connectivity index is 2.82. The summed E-state index contributed by atoms with van der Waals surface area (Å²) in [6.07, 6.45) is -4.06. The maximum absolute atomic E-state index is 12.9. The molecule has 0 aromatic rings. The predicted octanol–water partition coefficient (Wildman–Crippen LogP) is 1.44. The summed E-state index contributed by atoms with van der Waals surface area (Å²) in [5, 5.41) is 5.03. The summed E-state index contributed by atoms with van der Waals surface area (Å²) in [6, 6.07) is -0.229. The summed E-state index contributed by atoms with van der Waals surface area (Å²) in [7, 11) is 0. The van der Waals surface area contributed by atoms with E-state index in [1.54, 1.807) is 6.92 Å². The number of alkyl halides is 3. The van der Waals surface area contributed by atoms with E-state index in [1.807, 2.05) is 6.92 Å². The molecule has 1 saturated heterocycles. The molecule has 1 fully saturated rings. The largest absolute Gasteiger partial charge is 0.404 e. The van der Waals surface area contributed by atoms with Gasteiger partial charge in [0.25, 0.3) is 0 Å². The zero-order chi connectivity index (χ0) is 12.4. The minimum absolute atomic E-state index is 0.182. The van der Waals surface area contributed by atoms with Crippen molar-refractivity contribution in [2.45, 2.75) is 38.9 Å². The van der Waals surface area contributed by atoms with Gasteiger partial charge in [-0.15, -0.1) is 0 Å². The van der Waals surface area contributed by atoms with Gasteiger partial charge in [0, 0.05) is 12.6 Å². The smallest absolute Gasteiger partial charge is 0.353 e. The van der Waals surface area contributed by atoms with Gasteiger partial charge < -0.3 is 10.6 Å². The normalized spacial score (nSPS) is 27.8. The van der Waals surface area contributed by atoms with Crippen LogP contribution in [0.4, 0.5) is 13.2 Å². The van der Waals surface area contributed by atoms with E-state index in [9.17, 15) is 18.0 Å². The van der Waals surface area contributed by atoms with E-state index in [4.69, 9.17) is 0 Å². The van der Waals surface area contributed by atoms with Gasteiger partial charge in [-0.25, -0.2) is 0 Å². The molecule has 2 unspecified atom stereocenters. The predicted molar refractivity (Wildman–Crippen MR) is 53.9 cm³/mol. The summed E-state index contributed by atoms with van der Waals surface area (Å²) in [6.45, 7) is 3.43. The van der Waals surface area contributed by atoms with E-state index in [2.05, 4.69) is 10.6 Å². The number of amides is 1. The van der Waals surface area contributed by atoms with Gasteiger partial charge in [-0.1, -0.05) is 6.92 Å². The quantitative estimate of drug-likeness (QED) is 0.781. The third-order valence-corrected chi connectivity index (χ3v) is 3.12. The molecule has 3 nitrogen and oxygen atoms in total. The molecule has 1 heterocycles. The summed E-state index contributed by atoms with van der Waals surface area (Å²) >= 11 is 0. The second kappa shape index (κ2) is 4.61. The van der Waals surface area contributed by atoms with Crippen LogP contribution in [0.1, 0.15) is 26.7 Å². The van der Waals surface area contributed by atoms with Crippen LogP contribution in [0.2, 0.25) is 0 Å². The zero-order valence-electron chi connectivity index (χ0n) is 9.45. The van der Waals surface area contributed by atoms with Crippen LogP contribution in [-0.4, -0.2) is 31.2 Å². The monoisotopic (exact) mass is 238 g/mol. The highest BCUT2D eigenvalue weighted by molar-refractivity contribution is 5.84. The van der Waals surface area contributed by atoms with Crippen molar-refractivity contribution in [1.29, 1.82) is 0 Å². The number of rotatable bonds is 3. The number of carbonyl (C=O) groups is 1. The molecule has 0 radical (unpaired) electrons. The number of hydrogen-bond acceptors (Lipinski definition) is 2. The fourth-order valence-electron chi connectivity index (χ4n) is 1.72. The molecule has 0 spiro atoms. The lowest BCUT2D eigenvalue weighted by Crippen LogP contribution is -2.53. The van der Waals surface area contributed by atoms with Crippen LogP contribution >= 0.6 is 0 Å². The van der Waals surface area contributed by atoms with Crippen LogP contribution in [0.3, 0.4) is 0 Å². The van der Waals surface area contributed by atoms with Crippen LogP contribution in [0.25, 0.3) is 0 Å². The van der Waals surface area contributed by atoms with E-state index in [-0.39, 0.29) is 25.6 Å². The Morgan fingerprint density at radius 2 is 2.19 bits per heavy atom. The molecule has 0 aliphatic carbocycles. The molecule has 94 valence electrons. The number of nitrogens with one attached hydrogen (secondary N) is 2. The van der Waals surface area contributed by atoms with Crippen LogP contribution in [0, 0.1) is 5.41 Å². The zero-order valence-corrected chi connectivity index (χ0v) is 9.45. The molecule has 1 aliphatic heterocycles. The Morgan fingerprint density at radius 3 is 2.56 bits per heavy atom. The fourth-order valence-corrected chi connectivity index (χ4v) is 1.72. The van der Waals surface area contributed by atoms with Crippen LogP contribution in [0.15, 0.2) is 0 Å². The molecule has 1 rings (SSSR count). The Labute approximate surface area is 92.8 Å². The van der Waals surface area contributed by atoms with Gasteiger partial charge in [-0.05, 0) is 26.3 Å². The van der Waals surface area contributed by atoms with E-state index < -0.39 is 17.5 Å². The minimum Gasteiger partial charge on any atom is -0.353 e. The van der Waals surface area contributed by atoms with Crippen molar-refractivity contribution in [2.24, 2.45) is 5.41 Å². The maximum Gasteiger partial charge on any atom is 0.404 e. The maximum atomic E-state index is 12.9. The highest BCUT2D eigenvalue weighted by atomic mass is 19.4. The topological polar surface area (TPSA) is 41.1 Å². The van der Waals surface area contributed by atoms with Gasteiger partial charge in [0.2, 0.25) is 5.91 Å². The van der Waals surface area contributed by atoms with Crippen LogP contribution in [0.5, 0.6) is 0 Å². The Bertz CT molecular complexity index is 259. The molecule has 1 aliphatic rings. The van der Waals surface area contributed by atoms with Gasteiger partial charge in [0.15, 0.2) is 5.41 Å². The molecular formula is C10H17F3N2O. The van der Waals surface area contributed by atoms with Gasteiger partial charge in [0.05, 0.1) is 0 Å². The molecule has 6 heteroatoms. The molecule has 0 bridgehead atoms. The van der Waals surface area contributed by atoms with Crippen molar-refractivity contribution in [2.75, 3.05) is 13.1 Å². The van der Waals surface area contributed by atoms with Gasteiger partial charge in [-0.2, -0.15) is 13.2 Å². The number of carbonyl (C=O) groups excluding carboxylic acids is 1.